The summed E-state index contributed by atoms with van der Waals surface area (Å²) in [5.41, 5.74) is 3.85. The second-order valence-electron chi connectivity index (χ2n) is 5.02. The van der Waals surface area contributed by atoms with Gasteiger partial charge in [0.25, 0.3) is 0 Å². The molecule has 0 aliphatic carbocycles. The molecular weight excluding hydrogens is 274 g/mol. The highest BCUT2D eigenvalue weighted by atomic mass is 16.3. The van der Waals surface area contributed by atoms with Crippen molar-refractivity contribution < 1.29 is 5.11 Å². The molecule has 0 aliphatic heterocycles. The van der Waals surface area contributed by atoms with Gasteiger partial charge in [0.05, 0.1) is 11.9 Å². The summed E-state index contributed by atoms with van der Waals surface area (Å²) in [6.45, 7) is 0. The van der Waals surface area contributed by atoms with Crippen LogP contribution in [0.15, 0.2) is 73.1 Å². The van der Waals surface area contributed by atoms with Crippen molar-refractivity contribution in [3.05, 3.63) is 73.1 Å². The van der Waals surface area contributed by atoms with Crippen molar-refractivity contribution in [1.29, 1.82) is 0 Å². The fraction of sp³-hybridized carbons (Fsp3) is 0. The van der Waals surface area contributed by atoms with E-state index in [1.807, 2.05) is 60.7 Å². The number of fused-ring (bicyclic) bond motifs is 1. The van der Waals surface area contributed by atoms with E-state index < -0.39 is 0 Å². The second-order valence-corrected chi connectivity index (χ2v) is 5.02. The summed E-state index contributed by atoms with van der Waals surface area (Å²) in [6.07, 6.45) is 3.48. The first-order chi connectivity index (χ1) is 10.8. The molecule has 4 nitrogen and oxygen atoms in total. The van der Waals surface area contributed by atoms with Gasteiger partial charge in [0.2, 0.25) is 5.88 Å². The van der Waals surface area contributed by atoms with Crippen molar-refractivity contribution in [3.63, 3.8) is 0 Å². The van der Waals surface area contributed by atoms with Crippen LogP contribution in [0.3, 0.4) is 0 Å². The lowest BCUT2D eigenvalue weighted by molar-refractivity contribution is 0.450. The maximum absolute atomic E-state index is 10.5. The van der Waals surface area contributed by atoms with Gasteiger partial charge in [-0.2, -0.15) is 0 Å². The summed E-state index contributed by atoms with van der Waals surface area (Å²) in [6, 6.07) is 19.5. The minimum atomic E-state index is 0.126. The topological polar surface area (TPSA) is 50.4 Å². The Bertz CT molecular complexity index is 931. The SMILES string of the molecule is Oc1c(-c2ccccc2)nc2cnc(-c3ccccc3)cn12. The van der Waals surface area contributed by atoms with Crippen molar-refractivity contribution in [2.24, 2.45) is 0 Å². The van der Waals surface area contributed by atoms with E-state index in [-0.39, 0.29) is 5.88 Å². The smallest absolute Gasteiger partial charge is 0.224 e. The molecule has 2 aromatic carbocycles. The van der Waals surface area contributed by atoms with E-state index in [0.717, 1.165) is 16.8 Å². The molecule has 4 heteroatoms. The number of hydrogen-bond acceptors (Lipinski definition) is 3. The molecule has 4 aromatic rings. The normalized spacial score (nSPS) is 10.9. The van der Waals surface area contributed by atoms with E-state index in [1.165, 1.54) is 0 Å². The average Bonchev–Trinajstić information content (AvgIpc) is 2.93. The van der Waals surface area contributed by atoms with Crippen LogP contribution in [0.1, 0.15) is 0 Å². The first-order valence-electron chi connectivity index (χ1n) is 7.01. The summed E-state index contributed by atoms with van der Waals surface area (Å²) >= 11 is 0. The molecule has 22 heavy (non-hydrogen) atoms. The van der Waals surface area contributed by atoms with Gasteiger partial charge in [-0.05, 0) is 0 Å². The lowest BCUT2D eigenvalue weighted by Gasteiger charge is -2.02. The Kier molecular flexibility index (Phi) is 2.86. The van der Waals surface area contributed by atoms with Gasteiger partial charge in [-0.25, -0.2) is 4.98 Å². The largest absolute Gasteiger partial charge is 0.493 e. The Labute approximate surface area is 127 Å². The van der Waals surface area contributed by atoms with Crippen LogP contribution in [-0.2, 0) is 0 Å². The zero-order valence-corrected chi connectivity index (χ0v) is 11.7. The molecule has 0 saturated carbocycles. The van der Waals surface area contributed by atoms with Gasteiger partial charge >= 0.3 is 0 Å². The van der Waals surface area contributed by atoms with Crippen molar-refractivity contribution in [3.8, 4) is 28.4 Å². The predicted molar refractivity (Wildman–Crippen MR) is 85.5 cm³/mol. The average molecular weight is 287 g/mol. The van der Waals surface area contributed by atoms with E-state index in [1.54, 1.807) is 16.8 Å². The van der Waals surface area contributed by atoms with Gasteiger partial charge in [-0.15, -0.1) is 0 Å². The lowest BCUT2D eigenvalue weighted by Crippen LogP contribution is -1.90. The van der Waals surface area contributed by atoms with Crippen molar-refractivity contribution in [2.45, 2.75) is 0 Å². The molecule has 0 aliphatic rings. The molecule has 0 atom stereocenters. The first kappa shape index (κ1) is 12.6. The van der Waals surface area contributed by atoms with Gasteiger partial charge in [-0.3, -0.25) is 9.38 Å². The van der Waals surface area contributed by atoms with Crippen LogP contribution in [0.2, 0.25) is 0 Å². The fourth-order valence-electron chi connectivity index (χ4n) is 2.49. The first-order valence-corrected chi connectivity index (χ1v) is 7.01. The summed E-state index contributed by atoms with van der Waals surface area (Å²) in [5.74, 6) is 0.126. The van der Waals surface area contributed by atoms with Crippen LogP contribution in [0.4, 0.5) is 0 Å². The minimum Gasteiger partial charge on any atom is -0.493 e. The van der Waals surface area contributed by atoms with Gasteiger partial charge in [0.15, 0.2) is 5.65 Å². The van der Waals surface area contributed by atoms with E-state index in [0.29, 0.717) is 11.3 Å². The summed E-state index contributed by atoms with van der Waals surface area (Å²) in [4.78, 5) is 8.90. The zero-order valence-electron chi connectivity index (χ0n) is 11.7. The Morgan fingerprint density at radius 1 is 0.818 bits per heavy atom. The molecule has 0 fully saturated rings. The van der Waals surface area contributed by atoms with Gasteiger partial charge in [0.1, 0.15) is 5.69 Å². The van der Waals surface area contributed by atoms with Gasteiger partial charge < -0.3 is 5.11 Å². The van der Waals surface area contributed by atoms with E-state index in [2.05, 4.69) is 9.97 Å². The second kappa shape index (κ2) is 5.00. The molecule has 0 saturated heterocycles. The van der Waals surface area contributed by atoms with E-state index >= 15 is 0 Å². The molecule has 2 aromatic heterocycles. The standard InChI is InChI=1S/C18H13N3O/c22-18-17(14-9-5-2-6-10-14)20-16-11-19-15(12-21(16)18)13-7-3-1-4-8-13/h1-12,22H. The van der Waals surface area contributed by atoms with E-state index in [4.69, 9.17) is 0 Å². The molecule has 0 unspecified atom stereocenters. The molecule has 4 rings (SSSR count). The summed E-state index contributed by atoms with van der Waals surface area (Å²) < 4.78 is 1.66. The third-order valence-electron chi connectivity index (χ3n) is 3.60. The van der Waals surface area contributed by atoms with Crippen molar-refractivity contribution >= 4 is 5.65 Å². The Morgan fingerprint density at radius 3 is 2.14 bits per heavy atom. The highest BCUT2D eigenvalue weighted by Crippen LogP contribution is 2.30. The number of aromatic nitrogens is 3. The lowest BCUT2D eigenvalue weighted by atomic mass is 10.1. The van der Waals surface area contributed by atoms with Gasteiger partial charge in [0, 0.05) is 17.3 Å². The number of aromatic hydroxyl groups is 1. The Morgan fingerprint density at radius 2 is 1.45 bits per heavy atom. The summed E-state index contributed by atoms with van der Waals surface area (Å²) in [7, 11) is 0. The fourth-order valence-corrected chi connectivity index (χ4v) is 2.49. The molecule has 0 amide bonds. The third kappa shape index (κ3) is 2.02. The van der Waals surface area contributed by atoms with Crippen LogP contribution in [-0.4, -0.2) is 19.5 Å². The van der Waals surface area contributed by atoms with Crippen LogP contribution >= 0.6 is 0 Å². The number of imidazole rings is 1. The summed E-state index contributed by atoms with van der Waals surface area (Å²) in [5, 5.41) is 10.5. The Balaban J connectivity index is 1.89. The molecular formula is C18H13N3O. The molecule has 106 valence electrons. The molecule has 0 spiro atoms. The quantitative estimate of drug-likeness (QED) is 0.610. The van der Waals surface area contributed by atoms with Crippen molar-refractivity contribution in [1.82, 2.24) is 14.4 Å². The van der Waals surface area contributed by atoms with Crippen LogP contribution in [0.5, 0.6) is 5.88 Å². The Hall–Kier alpha value is -3.14. The number of hydrogen-bond donors (Lipinski definition) is 1. The maximum atomic E-state index is 10.5. The monoisotopic (exact) mass is 287 g/mol. The highest BCUT2D eigenvalue weighted by molar-refractivity contribution is 5.70. The minimum absolute atomic E-state index is 0.126. The van der Waals surface area contributed by atoms with Crippen LogP contribution in [0, 0.1) is 0 Å². The van der Waals surface area contributed by atoms with Crippen molar-refractivity contribution in [2.75, 3.05) is 0 Å². The van der Waals surface area contributed by atoms with Crippen LogP contribution in [0.25, 0.3) is 28.2 Å². The third-order valence-corrected chi connectivity index (χ3v) is 3.60. The van der Waals surface area contributed by atoms with Gasteiger partial charge in [-0.1, -0.05) is 60.7 Å². The molecule has 1 N–H and O–H groups in total. The highest BCUT2D eigenvalue weighted by Gasteiger charge is 2.13. The number of rotatable bonds is 2. The maximum Gasteiger partial charge on any atom is 0.224 e. The predicted octanol–water partition coefficient (Wildman–Crippen LogP) is 3.77. The molecule has 0 radical (unpaired) electrons. The number of nitrogens with zero attached hydrogens (tertiary/aromatic N) is 3. The molecule has 0 bridgehead atoms. The molecule has 2 heterocycles. The zero-order chi connectivity index (χ0) is 14.9. The van der Waals surface area contributed by atoms with Crippen LogP contribution < -0.4 is 0 Å². The number of benzene rings is 2. The van der Waals surface area contributed by atoms with E-state index in [9.17, 15) is 5.11 Å².